The Morgan fingerprint density at radius 2 is 0.736 bits per heavy atom. The molecule has 0 aliphatic carbocycles. The van der Waals surface area contributed by atoms with Gasteiger partial charge < -0.3 is 18.8 Å². The number of thiophene rings is 2. The van der Waals surface area contributed by atoms with E-state index in [0.717, 1.165) is 58.1 Å². The maximum Gasteiger partial charge on any atom is 0.136 e. The van der Waals surface area contributed by atoms with Crippen molar-refractivity contribution in [1.82, 2.24) is 4.57 Å². The smallest absolute Gasteiger partial charge is 0.136 e. The molecule has 0 bridgehead atoms. The lowest BCUT2D eigenvalue weighted by Gasteiger charge is -2.27. The van der Waals surface area contributed by atoms with Gasteiger partial charge in [0, 0.05) is 120 Å². The molecule has 0 radical (unpaired) electrons. The predicted molar refractivity (Wildman–Crippen MR) is 466 cm³/mol. The van der Waals surface area contributed by atoms with Gasteiger partial charge in [-0.05, 0) is 184 Å². The first-order valence-electron chi connectivity index (χ1n) is 35.4. The molecular formula is C97H62Br3N3OS2. The molecular weight excluding hydrogens is 1530 g/mol. The van der Waals surface area contributed by atoms with Gasteiger partial charge in [0.1, 0.15) is 11.2 Å². The molecule has 4 aromatic heterocycles. The van der Waals surface area contributed by atoms with Crippen molar-refractivity contribution >= 4 is 221 Å². The normalized spacial score (nSPS) is 11.9. The summed E-state index contributed by atoms with van der Waals surface area (Å²) in [6, 6.07) is 133. The standard InChI is InChI=1S/C35H21BrOS.C34H23BrN2.C28H18BrNS/c36-26-13-15-28-27-14-11-25(19-31(27)37-32(28)20-26)35(23-10-9-21-5-1-2-6-22(21)17-23)24-12-16-34-30(18-24)29-7-3-4-8-33(29)38-34;35-25-18-21-33-31(22-25)30-20-19-28(36(26-12-3-1-4-13-26)27-14-5-2-6-15-27)23-34(30)37(33)32-17-9-11-24-10-7-8-16-29(24)32;29-20-13-15-24-25-16-14-22(18-28(25)31-27(24)17-20)30(21-9-2-1-3-10-21)26-12-6-8-19-7-4-5-11-23(19)26/h1-20,35H;1-23H;1-18H. The Kier molecular flexibility index (Phi) is 17.2. The SMILES string of the molecule is Brc1ccc2c(c1)c1ccc(N(c3ccccc3)c3ccccc3)cc1n2-c1cccc2ccccc12.Brc1ccc2c(c1)oc1cc(C(c3ccc4ccccc4c3)c3ccc4sc5ccccc5c4c3)ccc12.Brc1ccc2c(c1)sc1cc(N(c3ccccc3)c3cccc4ccccc34)ccc12. The molecule has 0 spiro atoms. The third-order valence-corrected chi connectivity index (χ3v) is 24.1. The van der Waals surface area contributed by atoms with Crippen molar-refractivity contribution < 1.29 is 4.42 Å². The summed E-state index contributed by atoms with van der Waals surface area (Å²) in [4.78, 5) is 4.68. The predicted octanol–water partition coefficient (Wildman–Crippen LogP) is 30.7. The number of furan rings is 1. The summed E-state index contributed by atoms with van der Waals surface area (Å²) in [5, 5.41) is 17.5. The van der Waals surface area contributed by atoms with Crippen LogP contribution in [-0.4, -0.2) is 4.57 Å². The Labute approximate surface area is 645 Å². The highest BCUT2D eigenvalue weighted by molar-refractivity contribution is 9.11. The van der Waals surface area contributed by atoms with Crippen molar-refractivity contribution in [2.75, 3.05) is 9.80 Å². The first kappa shape index (κ1) is 65.4. The zero-order chi connectivity index (χ0) is 70.8. The fourth-order valence-corrected chi connectivity index (χ4v) is 19.0. The largest absolute Gasteiger partial charge is 0.456 e. The molecule has 21 rings (SSSR count). The molecule has 0 amide bonds. The minimum absolute atomic E-state index is 0.0759. The number of benzene rings is 17. The number of hydrogen-bond donors (Lipinski definition) is 0. The van der Waals surface area contributed by atoms with Gasteiger partial charge >= 0.3 is 0 Å². The van der Waals surface area contributed by atoms with Crippen molar-refractivity contribution in [1.29, 1.82) is 0 Å². The molecule has 1 unspecified atom stereocenters. The molecule has 1 atom stereocenters. The van der Waals surface area contributed by atoms with Crippen LogP contribution in [-0.2, 0) is 0 Å². The number of aromatic nitrogens is 1. The summed E-state index contributed by atoms with van der Waals surface area (Å²) in [5.41, 5.74) is 16.1. The lowest BCUT2D eigenvalue weighted by Crippen LogP contribution is -2.10. The van der Waals surface area contributed by atoms with Crippen LogP contribution in [0.2, 0.25) is 0 Å². The van der Waals surface area contributed by atoms with E-state index in [9.17, 15) is 0 Å². The average Bonchev–Trinajstić information content (AvgIpc) is 1.57. The van der Waals surface area contributed by atoms with Crippen LogP contribution in [0.1, 0.15) is 22.6 Å². The second-order valence-corrected chi connectivity index (χ2v) is 31.6. The molecule has 17 aromatic carbocycles. The van der Waals surface area contributed by atoms with Crippen LogP contribution in [0.3, 0.4) is 0 Å². The average molecular weight is 1590 g/mol. The zero-order valence-electron chi connectivity index (χ0n) is 57.0. The third kappa shape index (κ3) is 12.2. The number of nitrogens with zero attached hydrogens (tertiary/aromatic N) is 3. The molecule has 504 valence electrons. The molecule has 21 aromatic rings. The first-order valence-corrected chi connectivity index (χ1v) is 39.4. The van der Waals surface area contributed by atoms with E-state index in [2.05, 4.69) is 426 Å². The van der Waals surface area contributed by atoms with Gasteiger partial charge in [-0.25, -0.2) is 0 Å². The number of anilines is 6. The summed E-state index contributed by atoms with van der Waals surface area (Å²) < 4.78 is 17.2. The van der Waals surface area contributed by atoms with E-state index in [1.165, 1.54) is 128 Å². The number of rotatable bonds is 10. The van der Waals surface area contributed by atoms with Gasteiger partial charge in [0.05, 0.1) is 22.4 Å². The Balaban J connectivity index is 0.000000109. The summed E-state index contributed by atoms with van der Waals surface area (Å²) >= 11 is 14.6. The van der Waals surface area contributed by atoms with Gasteiger partial charge in [-0.2, -0.15) is 0 Å². The molecule has 0 saturated heterocycles. The minimum atomic E-state index is 0.0759. The number of para-hydroxylation sites is 3. The molecule has 0 aliphatic heterocycles. The van der Waals surface area contributed by atoms with Crippen LogP contribution in [0, 0.1) is 0 Å². The molecule has 4 heterocycles. The fourth-order valence-electron chi connectivity index (χ4n) is 15.5. The maximum atomic E-state index is 6.35. The van der Waals surface area contributed by atoms with Crippen molar-refractivity contribution in [2.45, 2.75) is 5.92 Å². The Morgan fingerprint density at radius 1 is 0.255 bits per heavy atom. The van der Waals surface area contributed by atoms with Crippen molar-refractivity contribution in [3.8, 4) is 5.69 Å². The Morgan fingerprint density at radius 3 is 1.48 bits per heavy atom. The van der Waals surface area contributed by atoms with Gasteiger partial charge in [0.15, 0.2) is 0 Å². The number of fused-ring (bicyclic) bond motifs is 15. The van der Waals surface area contributed by atoms with Crippen molar-refractivity contribution in [3.63, 3.8) is 0 Å². The molecule has 9 heteroatoms. The second kappa shape index (κ2) is 27.9. The number of halogens is 3. The van der Waals surface area contributed by atoms with Gasteiger partial charge in [0.2, 0.25) is 0 Å². The van der Waals surface area contributed by atoms with E-state index in [1.54, 1.807) is 0 Å². The first-order chi connectivity index (χ1) is 52.3. The van der Waals surface area contributed by atoms with Gasteiger partial charge in [0.25, 0.3) is 0 Å². The highest BCUT2D eigenvalue weighted by Crippen LogP contribution is 2.47. The Hall–Kier alpha value is -11.4. The maximum absolute atomic E-state index is 6.35. The molecule has 4 nitrogen and oxygen atoms in total. The summed E-state index contributed by atoms with van der Waals surface area (Å²) in [6.07, 6.45) is 0. The van der Waals surface area contributed by atoms with E-state index in [0.29, 0.717) is 0 Å². The minimum Gasteiger partial charge on any atom is -0.456 e. The molecule has 0 saturated carbocycles. The van der Waals surface area contributed by atoms with E-state index >= 15 is 0 Å². The Bertz CT molecular complexity index is 6880. The van der Waals surface area contributed by atoms with Gasteiger partial charge in [-0.1, -0.05) is 272 Å². The van der Waals surface area contributed by atoms with E-state index in [1.807, 2.05) is 28.7 Å². The van der Waals surface area contributed by atoms with Crippen LogP contribution in [0.25, 0.3) is 122 Å². The zero-order valence-corrected chi connectivity index (χ0v) is 63.4. The topological polar surface area (TPSA) is 24.6 Å². The third-order valence-electron chi connectivity index (χ3n) is 20.3. The van der Waals surface area contributed by atoms with Gasteiger partial charge in [-0.3, -0.25) is 0 Å². The van der Waals surface area contributed by atoms with Gasteiger partial charge in [-0.15, -0.1) is 22.7 Å². The van der Waals surface area contributed by atoms with Crippen LogP contribution in [0.15, 0.2) is 388 Å². The van der Waals surface area contributed by atoms with E-state index < -0.39 is 0 Å². The van der Waals surface area contributed by atoms with Crippen LogP contribution < -0.4 is 9.80 Å². The molecule has 0 aliphatic rings. The van der Waals surface area contributed by atoms with E-state index in [4.69, 9.17) is 4.42 Å². The highest BCUT2D eigenvalue weighted by atomic mass is 79.9. The summed E-state index contributed by atoms with van der Waals surface area (Å²) in [5.74, 6) is 0.0759. The van der Waals surface area contributed by atoms with Crippen LogP contribution in [0.4, 0.5) is 34.1 Å². The monoisotopic (exact) mass is 1590 g/mol. The lowest BCUT2D eigenvalue weighted by atomic mass is 9.83. The number of hydrogen-bond acceptors (Lipinski definition) is 5. The quantitative estimate of drug-likeness (QED) is 0.128. The van der Waals surface area contributed by atoms with E-state index in [-0.39, 0.29) is 5.92 Å². The molecule has 0 N–H and O–H groups in total. The highest BCUT2D eigenvalue weighted by Gasteiger charge is 2.24. The van der Waals surface area contributed by atoms with Crippen LogP contribution >= 0.6 is 70.5 Å². The van der Waals surface area contributed by atoms with Crippen molar-refractivity contribution in [3.05, 3.63) is 400 Å². The van der Waals surface area contributed by atoms with Crippen molar-refractivity contribution in [2.24, 2.45) is 0 Å². The molecule has 0 fully saturated rings. The summed E-state index contributed by atoms with van der Waals surface area (Å²) in [6.45, 7) is 0. The lowest BCUT2D eigenvalue weighted by molar-refractivity contribution is 0.667. The molecule has 106 heavy (non-hydrogen) atoms. The fraction of sp³-hybridized carbons (Fsp3) is 0.0103. The summed E-state index contributed by atoms with van der Waals surface area (Å²) in [7, 11) is 0. The van der Waals surface area contributed by atoms with Crippen LogP contribution in [0.5, 0.6) is 0 Å². The second-order valence-electron chi connectivity index (χ2n) is 26.7.